The van der Waals surface area contributed by atoms with E-state index in [9.17, 15) is 9.90 Å². The fourth-order valence-electron chi connectivity index (χ4n) is 6.93. The summed E-state index contributed by atoms with van der Waals surface area (Å²) in [5.41, 5.74) is 14.8. The third-order valence-electron chi connectivity index (χ3n) is 9.56. The van der Waals surface area contributed by atoms with Gasteiger partial charge in [-0.3, -0.25) is 9.88 Å². The van der Waals surface area contributed by atoms with E-state index in [1.165, 1.54) is 17.3 Å². The molecule has 13 heteroatoms. The second kappa shape index (κ2) is 9.41. The highest BCUT2D eigenvalue weighted by Gasteiger charge is 2.50. The lowest BCUT2D eigenvalue weighted by Crippen LogP contribution is -2.44. The van der Waals surface area contributed by atoms with Crippen molar-refractivity contribution < 1.29 is 14.6 Å². The van der Waals surface area contributed by atoms with Crippen LogP contribution in [0.3, 0.4) is 0 Å². The monoisotopic (exact) mass is 587 g/mol. The number of β-amino-alcohol motifs (C(OH)–C–C–N with tert-alkyl or cyclic N) is 1. The molecule has 0 bridgehead atoms. The van der Waals surface area contributed by atoms with E-state index in [2.05, 4.69) is 25.9 Å². The molecule has 2 aliphatic carbocycles. The van der Waals surface area contributed by atoms with Gasteiger partial charge in [0.15, 0.2) is 17.4 Å². The molecule has 2 amide bonds. The normalized spacial score (nSPS) is 24.8. The Bertz CT molecular complexity index is 1580. The number of hydrogen-bond acceptors (Lipinski definition) is 11. The molecule has 6 heterocycles. The van der Waals surface area contributed by atoms with Crippen LogP contribution in [-0.2, 0) is 6.42 Å². The quantitative estimate of drug-likeness (QED) is 0.402. The summed E-state index contributed by atoms with van der Waals surface area (Å²) in [7, 11) is 0. The molecule has 2 atom stereocenters. The van der Waals surface area contributed by atoms with Gasteiger partial charge in [0.1, 0.15) is 17.5 Å². The number of nitrogens with two attached hydrogens (primary N) is 2. The van der Waals surface area contributed by atoms with Gasteiger partial charge in [-0.05, 0) is 55.2 Å². The molecule has 5 aliphatic rings. The molecule has 2 saturated heterocycles. The van der Waals surface area contributed by atoms with Gasteiger partial charge in [0, 0.05) is 43.8 Å². The smallest absolute Gasteiger partial charge is 0.326 e. The maximum atomic E-state index is 13.3. The number of carbonyl (C=O) groups excluding carboxylic acids is 1. The summed E-state index contributed by atoms with van der Waals surface area (Å²) in [6, 6.07) is 5.63. The SMILES string of the molecule is Nc1nc(N2CCC3(CC2)Cc2ncccc2[C@H]3N)cnc1Sc1ccnc2c1OCC1CN(CC3(O)CC3)C(=O)N21. The Balaban J connectivity index is 0.969. The molecule has 3 fully saturated rings. The third kappa shape index (κ3) is 4.16. The van der Waals surface area contributed by atoms with Crippen molar-refractivity contribution in [2.45, 2.75) is 59.7 Å². The minimum absolute atomic E-state index is 0.00510. The van der Waals surface area contributed by atoms with E-state index in [1.807, 2.05) is 18.3 Å². The van der Waals surface area contributed by atoms with Crippen LogP contribution in [0.15, 0.2) is 46.7 Å². The summed E-state index contributed by atoms with van der Waals surface area (Å²) >= 11 is 1.35. The van der Waals surface area contributed by atoms with Gasteiger partial charge in [-0.25, -0.2) is 19.7 Å². The second-order valence-electron chi connectivity index (χ2n) is 12.2. The molecule has 3 aliphatic heterocycles. The average molecular weight is 588 g/mol. The van der Waals surface area contributed by atoms with Crippen LogP contribution < -0.4 is 26.0 Å². The molecule has 218 valence electrons. The van der Waals surface area contributed by atoms with Gasteiger partial charge in [0.25, 0.3) is 0 Å². The van der Waals surface area contributed by atoms with Crippen molar-refractivity contribution in [3.8, 4) is 5.75 Å². The number of nitrogens with zero attached hydrogens (tertiary/aromatic N) is 7. The number of ether oxygens (including phenoxy) is 1. The Labute approximate surface area is 247 Å². The molecule has 12 nitrogen and oxygen atoms in total. The fraction of sp³-hybridized carbons (Fsp3) is 0.483. The van der Waals surface area contributed by atoms with Crippen molar-refractivity contribution in [1.82, 2.24) is 24.8 Å². The van der Waals surface area contributed by atoms with Crippen molar-refractivity contribution in [2.75, 3.05) is 48.3 Å². The van der Waals surface area contributed by atoms with Gasteiger partial charge in [0.2, 0.25) is 0 Å². The first-order chi connectivity index (χ1) is 20.3. The van der Waals surface area contributed by atoms with Crippen molar-refractivity contribution in [1.29, 1.82) is 0 Å². The van der Waals surface area contributed by atoms with Crippen LogP contribution in [-0.4, -0.2) is 80.4 Å². The molecule has 0 radical (unpaired) electrons. The summed E-state index contributed by atoms with van der Waals surface area (Å²) in [6.45, 7) is 2.86. The number of rotatable bonds is 5. The van der Waals surface area contributed by atoms with Crippen molar-refractivity contribution in [2.24, 2.45) is 11.1 Å². The minimum Gasteiger partial charge on any atom is -0.486 e. The van der Waals surface area contributed by atoms with Crippen LogP contribution in [0.25, 0.3) is 0 Å². The van der Waals surface area contributed by atoms with E-state index in [1.54, 1.807) is 22.2 Å². The maximum absolute atomic E-state index is 13.3. The molecule has 1 saturated carbocycles. The van der Waals surface area contributed by atoms with Gasteiger partial charge >= 0.3 is 6.03 Å². The van der Waals surface area contributed by atoms with Crippen LogP contribution in [0.1, 0.15) is 43.0 Å². The Morgan fingerprint density at radius 2 is 1.95 bits per heavy atom. The molecule has 1 unspecified atom stereocenters. The number of carbonyl (C=O) groups is 1. The van der Waals surface area contributed by atoms with E-state index in [0.29, 0.717) is 42.1 Å². The highest BCUT2D eigenvalue weighted by molar-refractivity contribution is 7.99. The van der Waals surface area contributed by atoms with Gasteiger partial charge in [0.05, 0.1) is 29.3 Å². The molecular formula is C29H33N9O3S. The number of amides is 2. The Morgan fingerprint density at radius 1 is 1.12 bits per heavy atom. The zero-order valence-corrected chi connectivity index (χ0v) is 24.0. The Hall–Kier alpha value is -3.68. The van der Waals surface area contributed by atoms with Gasteiger partial charge < -0.3 is 31.1 Å². The van der Waals surface area contributed by atoms with Crippen LogP contribution in [0, 0.1) is 5.41 Å². The lowest BCUT2D eigenvalue weighted by molar-refractivity contribution is 0.109. The molecule has 3 aromatic heterocycles. The number of anilines is 3. The summed E-state index contributed by atoms with van der Waals surface area (Å²) in [5, 5.41) is 10.9. The lowest BCUT2D eigenvalue weighted by atomic mass is 9.73. The highest BCUT2D eigenvalue weighted by atomic mass is 32.2. The van der Waals surface area contributed by atoms with Crippen LogP contribution in [0.2, 0.25) is 0 Å². The second-order valence-corrected chi connectivity index (χ2v) is 13.3. The zero-order valence-electron chi connectivity index (χ0n) is 23.1. The first-order valence-corrected chi connectivity index (χ1v) is 15.3. The Kier molecular flexibility index (Phi) is 5.82. The predicted molar refractivity (Wildman–Crippen MR) is 156 cm³/mol. The van der Waals surface area contributed by atoms with Crippen LogP contribution in [0.5, 0.6) is 5.75 Å². The van der Waals surface area contributed by atoms with Gasteiger partial charge in [-0.1, -0.05) is 17.8 Å². The molecule has 42 heavy (non-hydrogen) atoms. The zero-order chi connectivity index (χ0) is 28.6. The standard InChI is InChI=1S/C29H33N9O3S/c30-23-18-2-1-8-32-19(18)12-28(23)6-10-36(11-7-28)21-13-34-26(24(31)35-21)42-20-3-9-33-25-22(20)41-15-17-14-37(27(39)38(17)25)16-29(40)4-5-29/h1-3,8-9,13,17,23,40H,4-7,10-12,14-16,30H2,(H2,31,35)/t17?,23-/m1/s1. The molecule has 5 N–H and O–H groups in total. The van der Waals surface area contributed by atoms with E-state index >= 15 is 0 Å². The average Bonchev–Trinajstić information content (AvgIpc) is 3.56. The van der Waals surface area contributed by atoms with Gasteiger partial charge in [-0.15, -0.1) is 0 Å². The first-order valence-electron chi connectivity index (χ1n) is 14.5. The first kappa shape index (κ1) is 26.0. The van der Waals surface area contributed by atoms with Crippen LogP contribution >= 0.6 is 11.8 Å². The summed E-state index contributed by atoms with van der Waals surface area (Å²) in [5.74, 6) is 2.12. The fourth-order valence-corrected chi connectivity index (χ4v) is 7.77. The number of pyridine rings is 2. The summed E-state index contributed by atoms with van der Waals surface area (Å²) in [4.78, 5) is 38.1. The number of urea groups is 1. The molecule has 0 aromatic carbocycles. The van der Waals surface area contributed by atoms with Gasteiger partial charge in [-0.2, -0.15) is 0 Å². The number of fused-ring (bicyclic) bond motifs is 4. The highest BCUT2D eigenvalue weighted by Crippen LogP contribution is 2.51. The maximum Gasteiger partial charge on any atom is 0.326 e. The summed E-state index contributed by atoms with van der Waals surface area (Å²) in [6.07, 6.45) is 9.58. The van der Waals surface area contributed by atoms with Crippen LogP contribution in [0.4, 0.5) is 22.2 Å². The van der Waals surface area contributed by atoms with E-state index in [4.69, 9.17) is 21.2 Å². The molecule has 3 aromatic rings. The van der Waals surface area contributed by atoms with Crippen molar-refractivity contribution in [3.63, 3.8) is 0 Å². The number of aromatic nitrogens is 4. The topological polar surface area (TPSA) is 160 Å². The Morgan fingerprint density at radius 3 is 2.71 bits per heavy atom. The predicted octanol–water partition coefficient (Wildman–Crippen LogP) is 2.37. The number of aliphatic hydroxyl groups is 1. The third-order valence-corrected chi connectivity index (χ3v) is 10.6. The number of nitrogen functional groups attached to an aromatic ring is 1. The summed E-state index contributed by atoms with van der Waals surface area (Å²) < 4.78 is 6.14. The number of piperidine rings is 1. The molecule has 1 spiro atoms. The van der Waals surface area contributed by atoms with E-state index in [0.717, 1.165) is 61.6 Å². The van der Waals surface area contributed by atoms with E-state index < -0.39 is 5.60 Å². The minimum atomic E-state index is -0.746. The van der Waals surface area contributed by atoms with Crippen molar-refractivity contribution in [3.05, 3.63) is 48.0 Å². The molecule has 8 rings (SSSR count). The largest absolute Gasteiger partial charge is 0.486 e. The van der Waals surface area contributed by atoms with Crippen molar-refractivity contribution >= 4 is 35.2 Å². The number of hydrogen-bond donors (Lipinski definition) is 3. The lowest BCUT2D eigenvalue weighted by Gasteiger charge is -2.42. The molecular weight excluding hydrogens is 554 g/mol. The van der Waals surface area contributed by atoms with E-state index in [-0.39, 0.29) is 23.5 Å².